The van der Waals surface area contributed by atoms with Crippen molar-refractivity contribution in [3.05, 3.63) is 0 Å². The van der Waals surface area contributed by atoms with Gasteiger partial charge in [-0.2, -0.15) is 0 Å². The number of rotatable bonds is 4. The third kappa shape index (κ3) is 3.27. The molecular weight excluding hydrogens is 268 g/mol. The van der Waals surface area contributed by atoms with E-state index in [1.807, 2.05) is 0 Å². The van der Waals surface area contributed by atoms with E-state index in [9.17, 15) is 13.2 Å². The van der Waals surface area contributed by atoms with E-state index in [1.165, 1.54) is 7.11 Å². The average molecular weight is 290 g/mol. The molecule has 3 N–H and O–H groups in total. The highest BCUT2D eigenvalue weighted by Gasteiger charge is 2.42. The number of nitrogens with two attached hydrogens (primary N) is 1. The Balaban J connectivity index is 2.05. The van der Waals surface area contributed by atoms with Crippen molar-refractivity contribution < 1.29 is 17.9 Å². The van der Waals surface area contributed by atoms with Crippen molar-refractivity contribution in [3.63, 3.8) is 0 Å². The van der Waals surface area contributed by atoms with E-state index in [0.717, 1.165) is 12.8 Å². The second-order valence-electron chi connectivity index (χ2n) is 5.54. The second kappa shape index (κ2) is 5.76. The summed E-state index contributed by atoms with van der Waals surface area (Å²) in [6.07, 6.45) is 4.17. The topological polar surface area (TPSA) is 98.5 Å². The third-order valence-corrected chi connectivity index (χ3v) is 6.13. The zero-order chi connectivity index (χ0) is 14.0. The molecule has 0 bridgehead atoms. The predicted octanol–water partition coefficient (Wildman–Crippen LogP) is 0.127. The molecule has 0 aromatic heterocycles. The van der Waals surface area contributed by atoms with E-state index in [4.69, 9.17) is 10.5 Å². The maximum atomic E-state index is 12.4. The van der Waals surface area contributed by atoms with Crippen LogP contribution in [0.15, 0.2) is 0 Å². The summed E-state index contributed by atoms with van der Waals surface area (Å²) in [5, 5.41) is -0.662. The van der Waals surface area contributed by atoms with Crippen LogP contribution in [0.25, 0.3) is 0 Å². The lowest BCUT2D eigenvalue weighted by Crippen LogP contribution is -2.54. The standard InChI is InChI=1S/C12H22N2O4S/c1-18-12(15)10-4-2-3-5-11(10)19(16,17)14-9-6-8(13)7-9/h8-11,14H,2-7,13H2,1H3. The van der Waals surface area contributed by atoms with Gasteiger partial charge in [0, 0.05) is 12.1 Å². The molecular formula is C12H22N2O4S. The molecule has 0 heterocycles. The SMILES string of the molecule is COC(=O)C1CCCCC1S(=O)(=O)NC1CC(N)C1. The van der Waals surface area contributed by atoms with Gasteiger partial charge in [0.1, 0.15) is 0 Å². The Morgan fingerprint density at radius 1 is 1.26 bits per heavy atom. The van der Waals surface area contributed by atoms with Crippen LogP contribution in [0, 0.1) is 5.92 Å². The molecule has 0 aromatic carbocycles. The van der Waals surface area contributed by atoms with Crippen LogP contribution in [0.2, 0.25) is 0 Å². The monoisotopic (exact) mass is 290 g/mol. The number of carbonyl (C=O) groups excluding carboxylic acids is 1. The van der Waals surface area contributed by atoms with Crippen molar-refractivity contribution in [2.75, 3.05) is 7.11 Å². The summed E-state index contributed by atoms with van der Waals surface area (Å²) >= 11 is 0. The molecule has 0 aromatic rings. The molecule has 2 unspecified atom stereocenters. The first kappa shape index (κ1) is 14.7. The molecule has 2 saturated carbocycles. The predicted molar refractivity (Wildman–Crippen MR) is 70.8 cm³/mol. The number of esters is 1. The van der Waals surface area contributed by atoms with E-state index in [2.05, 4.69) is 4.72 Å². The molecule has 0 amide bonds. The van der Waals surface area contributed by atoms with Gasteiger partial charge in [-0.15, -0.1) is 0 Å². The normalized spacial score (nSPS) is 35.5. The van der Waals surface area contributed by atoms with E-state index < -0.39 is 27.2 Å². The molecule has 2 fully saturated rings. The quantitative estimate of drug-likeness (QED) is 0.717. The lowest BCUT2D eigenvalue weighted by molar-refractivity contribution is -0.146. The first-order valence-electron chi connectivity index (χ1n) is 6.78. The molecule has 2 rings (SSSR count). The van der Waals surface area contributed by atoms with Crippen molar-refractivity contribution in [2.24, 2.45) is 11.7 Å². The average Bonchev–Trinajstić information content (AvgIpc) is 2.36. The Bertz CT molecular complexity index is 431. The van der Waals surface area contributed by atoms with Crippen LogP contribution >= 0.6 is 0 Å². The van der Waals surface area contributed by atoms with Gasteiger partial charge in [-0.1, -0.05) is 12.8 Å². The van der Waals surface area contributed by atoms with Crippen LogP contribution in [-0.4, -0.2) is 38.8 Å². The fourth-order valence-electron chi connectivity index (χ4n) is 2.97. The first-order valence-corrected chi connectivity index (χ1v) is 8.33. The molecule has 0 aliphatic heterocycles. The lowest BCUT2D eigenvalue weighted by atomic mass is 9.88. The fourth-order valence-corrected chi connectivity index (χ4v) is 4.96. The van der Waals surface area contributed by atoms with Crippen LogP contribution in [0.3, 0.4) is 0 Å². The second-order valence-corrected chi connectivity index (χ2v) is 7.48. The number of methoxy groups -OCH3 is 1. The summed E-state index contributed by atoms with van der Waals surface area (Å²) in [5.41, 5.74) is 5.65. The Morgan fingerprint density at radius 2 is 1.89 bits per heavy atom. The van der Waals surface area contributed by atoms with Crippen LogP contribution < -0.4 is 10.5 Å². The van der Waals surface area contributed by atoms with Gasteiger partial charge >= 0.3 is 5.97 Å². The Kier molecular flexibility index (Phi) is 4.47. The highest BCUT2D eigenvalue weighted by atomic mass is 32.2. The van der Waals surface area contributed by atoms with E-state index >= 15 is 0 Å². The third-order valence-electron chi connectivity index (χ3n) is 4.11. The maximum Gasteiger partial charge on any atom is 0.310 e. The summed E-state index contributed by atoms with van der Waals surface area (Å²) in [5.74, 6) is -0.953. The summed E-state index contributed by atoms with van der Waals surface area (Å²) in [4.78, 5) is 11.7. The molecule has 2 atom stereocenters. The molecule has 7 heteroatoms. The van der Waals surface area contributed by atoms with E-state index in [1.54, 1.807) is 0 Å². The summed E-state index contributed by atoms with van der Waals surface area (Å²) in [6, 6.07) is 0.0238. The molecule has 6 nitrogen and oxygen atoms in total. The molecule has 110 valence electrons. The molecule has 0 radical (unpaired) electrons. The largest absolute Gasteiger partial charge is 0.469 e. The Morgan fingerprint density at radius 3 is 2.47 bits per heavy atom. The Hall–Kier alpha value is -0.660. The number of ether oxygens (including phenoxy) is 1. The Labute approximate surface area is 114 Å². The van der Waals surface area contributed by atoms with Crippen molar-refractivity contribution in [1.82, 2.24) is 4.72 Å². The van der Waals surface area contributed by atoms with Crippen molar-refractivity contribution in [2.45, 2.75) is 55.9 Å². The fraction of sp³-hybridized carbons (Fsp3) is 0.917. The smallest absolute Gasteiger partial charge is 0.310 e. The van der Waals surface area contributed by atoms with E-state index in [0.29, 0.717) is 25.7 Å². The van der Waals surface area contributed by atoms with Crippen LogP contribution in [0.1, 0.15) is 38.5 Å². The number of hydrogen-bond donors (Lipinski definition) is 2. The summed E-state index contributed by atoms with van der Waals surface area (Å²) in [6.45, 7) is 0. The summed E-state index contributed by atoms with van der Waals surface area (Å²) in [7, 11) is -2.17. The van der Waals surface area contributed by atoms with Crippen molar-refractivity contribution >= 4 is 16.0 Å². The van der Waals surface area contributed by atoms with Gasteiger partial charge in [0.25, 0.3) is 0 Å². The maximum absolute atomic E-state index is 12.4. The van der Waals surface area contributed by atoms with Gasteiger partial charge in [0.05, 0.1) is 18.3 Å². The zero-order valence-electron chi connectivity index (χ0n) is 11.2. The number of nitrogens with one attached hydrogen (secondary N) is 1. The first-order chi connectivity index (χ1) is 8.94. The lowest BCUT2D eigenvalue weighted by Gasteiger charge is -2.36. The van der Waals surface area contributed by atoms with Crippen LogP contribution in [-0.2, 0) is 19.6 Å². The van der Waals surface area contributed by atoms with Gasteiger partial charge in [0.15, 0.2) is 0 Å². The molecule has 0 spiro atoms. The van der Waals surface area contributed by atoms with Gasteiger partial charge in [0.2, 0.25) is 10.0 Å². The van der Waals surface area contributed by atoms with Crippen LogP contribution in [0.4, 0.5) is 0 Å². The molecule has 0 saturated heterocycles. The highest BCUT2D eigenvalue weighted by Crippen LogP contribution is 2.31. The van der Waals surface area contributed by atoms with Crippen molar-refractivity contribution in [1.29, 1.82) is 0 Å². The van der Waals surface area contributed by atoms with Crippen LogP contribution in [0.5, 0.6) is 0 Å². The number of sulfonamides is 1. The number of hydrogen-bond acceptors (Lipinski definition) is 5. The highest BCUT2D eigenvalue weighted by molar-refractivity contribution is 7.90. The van der Waals surface area contributed by atoms with Gasteiger partial charge < -0.3 is 10.5 Å². The van der Waals surface area contributed by atoms with Gasteiger partial charge in [-0.05, 0) is 25.7 Å². The van der Waals surface area contributed by atoms with E-state index in [-0.39, 0.29) is 12.1 Å². The molecule has 2 aliphatic rings. The van der Waals surface area contributed by atoms with Gasteiger partial charge in [-0.25, -0.2) is 13.1 Å². The minimum absolute atomic E-state index is 0.0692. The number of carbonyl (C=O) groups is 1. The molecule has 2 aliphatic carbocycles. The zero-order valence-corrected chi connectivity index (χ0v) is 12.0. The minimum Gasteiger partial charge on any atom is -0.469 e. The minimum atomic E-state index is -3.48. The van der Waals surface area contributed by atoms with Gasteiger partial charge in [-0.3, -0.25) is 4.79 Å². The molecule has 19 heavy (non-hydrogen) atoms. The summed E-state index contributed by atoms with van der Waals surface area (Å²) < 4.78 is 32.1. The van der Waals surface area contributed by atoms with Crippen molar-refractivity contribution in [3.8, 4) is 0 Å².